The van der Waals surface area contributed by atoms with Gasteiger partial charge < -0.3 is 10.0 Å². The first kappa shape index (κ1) is 10.1. The molecule has 80 valence electrons. The number of aromatic nitrogens is 1. The summed E-state index contributed by atoms with van der Waals surface area (Å²) in [5.41, 5.74) is 0.595. The lowest BCUT2D eigenvalue weighted by atomic mass is 10.2. The number of carbonyl (C=O) groups is 1. The van der Waals surface area contributed by atoms with Crippen molar-refractivity contribution in [1.82, 2.24) is 9.88 Å². The molecule has 0 aliphatic carbocycles. The summed E-state index contributed by atoms with van der Waals surface area (Å²) in [6.45, 7) is 0.783. The van der Waals surface area contributed by atoms with Crippen molar-refractivity contribution in [1.29, 1.82) is 0 Å². The maximum Gasteiger partial charge on any atom is 0.255 e. The molecule has 1 aliphatic rings. The van der Waals surface area contributed by atoms with Gasteiger partial charge in [0.15, 0.2) is 0 Å². The van der Waals surface area contributed by atoms with Crippen molar-refractivity contribution in [3.63, 3.8) is 0 Å². The minimum atomic E-state index is -0.0281. The molecule has 1 aromatic rings. The minimum Gasteiger partial charge on any atom is -0.394 e. The van der Waals surface area contributed by atoms with Crippen LogP contribution >= 0.6 is 0 Å². The fourth-order valence-corrected chi connectivity index (χ4v) is 1.95. The molecular formula is C11H14N2O2. The Hall–Kier alpha value is -1.42. The predicted molar refractivity (Wildman–Crippen MR) is 55.4 cm³/mol. The van der Waals surface area contributed by atoms with E-state index in [1.54, 1.807) is 29.4 Å². The Morgan fingerprint density at radius 1 is 1.67 bits per heavy atom. The van der Waals surface area contributed by atoms with Crippen molar-refractivity contribution in [3.8, 4) is 0 Å². The topological polar surface area (TPSA) is 53.4 Å². The molecular weight excluding hydrogens is 192 g/mol. The number of hydrogen-bond acceptors (Lipinski definition) is 3. The molecule has 1 atom stereocenters. The Balaban J connectivity index is 2.14. The van der Waals surface area contributed by atoms with Crippen LogP contribution < -0.4 is 0 Å². The Labute approximate surface area is 88.6 Å². The van der Waals surface area contributed by atoms with Gasteiger partial charge in [-0.15, -0.1) is 0 Å². The summed E-state index contributed by atoms with van der Waals surface area (Å²) in [5, 5.41) is 9.12. The van der Waals surface area contributed by atoms with E-state index >= 15 is 0 Å². The van der Waals surface area contributed by atoms with Crippen LogP contribution in [-0.4, -0.2) is 40.1 Å². The lowest BCUT2D eigenvalue weighted by Crippen LogP contribution is -2.37. The van der Waals surface area contributed by atoms with Crippen molar-refractivity contribution in [2.45, 2.75) is 18.9 Å². The van der Waals surface area contributed by atoms with Crippen LogP contribution in [0, 0.1) is 0 Å². The molecule has 2 heterocycles. The van der Waals surface area contributed by atoms with Gasteiger partial charge in [-0.05, 0) is 25.0 Å². The monoisotopic (exact) mass is 206 g/mol. The normalized spacial score (nSPS) is 20.6. The highest BCUT2D eigenvalue weighted by Crippen LogP contribution is 2.19. The summed E-state index contributed by atoms with van der Waals surface area (Å²) >= 11 is 0. The summed E-state index contributed by atoms with van der Waals surface area (Å²) in [5.74, 6) is -0.0281. The number of hydrogen-bond donors (Lipinski definition) is 1. The minimum absolute atomic E-state index is 0.0160. The van der Waals surface area contributed by atoms with Crippen LogP contribution in [0.1, 0.15) is 23.2 Å². The van der Waals surface area contributed by atoms with Gasteiger partial charge >= 0.3 is 0 Å². The number of carbonyl (C=O) groups excluding carboxylic acids is 1. The number of aliphatic hydroxyl groups excluding tert-OH is 1. The van der Waals surface area contributed by atoms with Crippen molar-refractivity contribution in [3.05, 3.63) is 30.1 Å². The Morgan fingerprint density at radius 2 is 2.53 bits per heavy atom. The van der Waals surface area contributed by atoms with Gasteiger partial charge in [0.25, 0.3) is 5.91 Å². The second kappa shape index (κ2) is 4.40. The van der Waals surface area contributed by atoms with Crippen LogP contribution in [0.3, 0.4) is 0 Å². The third-order valence-corrected chi connectivity index (χ3v) is 2.76. The van der Waals surface area contributed by atoms with Crippen molar-refractivity contribution >= 4 is 5.91 Å². The van der Waals surface area contributed by atoms with E-state index in [-0.39, 0.29) is 18.6 Å². The van der Waals surface area contributed by atoms with Gasteiger partial charge in [0, 0.05) is 18.9 Å². The summed E-state index contributed by atoms with van der Waals surface area (Å²) in [6, 6.07) is 3.48. The molecule has 1 fully saturated rings. The lowest BCUT2D eigenvalue weighted by molar-refractivity contribution is 0.0677. The molecule has 1 aliphatic heterocycles. The molecule has 1 aromatic heterocycles. The van der Waals surface area contributed by atoms with Gasteiger partial charge in [0.2, 0.25) is 0 Å². The number of pyridine rings is 1. The molecule has 0 spiro atoms. The van der Waals surface area contributed by atoms with Gasteiger partial charge in [-0.2, -0.15) is 0 Å². The second-order valence-corrected chi connectivity index (χ2v) is 3.72. The molecule has 4 nitrogen and oxygen atoms in total. The fourth-order valence-electron chi connectivity index (χ4n) is 1.95. The standard InChI is InChI=1S/C11H14N2O2/c14-8-10-4-2-6-13(10)11(15)9-3-1-5-12-7-9/h1,3,5,7,10,14H,2,4,6,8H2. The highest BCUT2D eigenvalue weighted by Gasteiger charge is 2.28. The number of nitrogens with zero attached hydrogens (tertiary/aromatic N) is 2. The van der Waals surface area contributed by atoms with E-state index in [0.717, 1.165) is 19.4 Å². The van der Waals surface area contributed by atoms with Crippen LogP contribution in [-0.2, 0) is 0 Å². The third-order valence-electron chi connectivity index (χ3n) is 2.76. The van der Waals surface area contributed by atoms with Crippen LogP contribution in [0.15, 0.2) is 24.5 Å². The quantitative estimate of drug-likeness (QED) is 0.774. The Kier molecular flexibility index (Phi) is 2.97. The molecule has 0 bridgehead atoms. The number of rotatable bonds is 2. The van der Waals surface area contributed by atoms with Crippen LogP contribution in [0.25, 0.3) is 0 Å². The molecule has 1 N–H and O–H groups in total. The first-order chi connectivity index (χ1) is 7.33. The SMILES string of the molecule is O=C(c1cccnc1)N1CCCC1CO. The van der Waals surface area contributed by atoms with E-state index in [1.165, 1.54) is 0 Å². The van der Waals surface area contributed by atoms with Gasteiger partial charge in [-0.25, -0.2) is 0 Å². The molecule has 0 aromatic carbocycles. The lowest BCUT2D eigenvalue weighted by Gasteiger charge is -2.22. The fraction of sp³-hybridized carbons (Fsp3) is 0.455. The van der Waals surface area contributed by atoms with Gasteiger partial charge in [-0.1, -0.05) is 0 Å². The van der Waals surface area contributed by atoms with Crippen molar-refractivity contribution < 1.29 is 9.90 Å². The van der Waals surface area contributed by atoms with E-state index in [2.05, 4.69) is 4.98 Å². The number of aliphatic hydroxyl groups is 1. The molecule has 15 heavy (non-hydrogen) atoms. The summed E-state index contributed by atoms with van der Waals surface area (Å²) in [4.78, 5) is 17.6. The highest BCUT2D eigenvalue weighted by molar-refractivity contribution is 5.94. The maximum atomic E-state index is 12.0. The zero-order valence-electron chi connectivity index (χ0n) is 8.47. The van der Waals surface area contributed by atoms with Gasteiger partial charge in [0.1, 0.15) is 0 Å². The zero-order valence-corrected chi connectivity index (χ0v) is 8.47. The Morgan fingerprint density at radius 3 is 3.20 bits per heavy atom. The molecule has 1 amide bonds. The van der Waals surface area contributed by atoms with E-state index in [9.17, 15) is 4.79 Å². The van der Waals surface area contributed by atoms with Crippen molar-refractivity contribution in [2.24, 2.45) is 0 Å². The highest BCUT2D eigenvalue weighted by atomic mass is 16.3. The van der Waals surface area contributed by atoms with Crippen LogP contribution in [0.4, 0.5) is 0 Å². The smallest absolute Gasteiger partial charge is 0.255 e. The van der Waals surface area contributed by atoms with Crippen LogP contribution in [0.2, 0.25) is 0 Å². The molecule has 1 unspecified atom stereocenters. The van der Waals surface area contributed by atoms with E-state index in [0.29, 0.717) is 5.56 Å². The summed E-state index contributed by atoms with van der Waals surface area (Å²) in [7, 11) is 0. The summed E-state index contributed by atoms with van der Waals surface area (Å²) in [6.07, 6.45) is 5.07. The van der Waals surface area contributed by atoms with Crippen LogP contribution in [0.5, 0.6) is 0 Å². The van der Waals surface area contributed by atoms with Crippen molar-refractivity contribution in [2.75, 3.05) is 13.2 Å². The van der Waals surface area contributed by atoms with Gasteiger partial charge in [-0.3, -0.25) is 9.78 Å². The predicted octanol–water partition coefficient (Wildman–Crippen LogP) is 0.678. The first-order valence-corrected chi connectivity index (χ1v) is 5.15. The zero-order chi connectivity index (χ0) is 10.7. The third kappa shape index (κ3) is 1.99. The van der Waals surface area contributed by atoms with E-state index in [4.69, 9.17) is 5.11 Å². The average Bonchev–Trinajstić information content (AvgIpc) is 2.77. The first-order valence-electron chi connectivity index (χ1n) is 5.15. The second-order valence-electron chi connectivity index (χ2n) is 3.72. The molecule has 2 rings (SSSR count). The molecule has 1 saturated heterocycles. The number of likely N-dealkylation sites (tertiary alicyclic amines) is 1. The largest absolute Gasteiger partial charge is 0.394 e. The van der Waals surface area contributed by atoms with Gasteiger partial charge in [0.05, 0.1) is 18.2 Å². The van der Waals surface area contributed by atoms with E-state index in [1.807, 2.05) is 0 Å². The molecule has 0 radical (unpaired) electrons. The maximum absolute atomic E-state index is 12.0. The molecule has 4 heteroatoms. The average molecular weight is 206 g/mol. The van der Waals surface area contributed by atoms with E-state index < -0.39 is 0 Å². The molecule has 0 saturated carbocycles. The Bertz CT molecular complexity index is 340. The number of amides is 1. The summed E-state index contributed by atoms with van der Waals surface area (Å²) < 4.78 is 0.